The molecule has 0 N–H and O–H groups in total. The molecule has 2 rings (SSSR count). The van der Waals surface area contributed by atoms with Gasteiger partial charge in [0.25, 0.3) is 0 Å². The van der Waals surface area contributed by atoms with Gasteiger partial charge >= 0.3 is 175 Å². The van der Waals surface area contributed by atoms with E-state index in [9.17, 15) is 0 Å². The van der Waals surface area contributed by atoms with Gasteiger partial charge < -0.3 is 0 Å². The first-order chi connectivity index (χ1) is 12.5. The van der Waals surface area contributed by atoms with Crippen LogP contribution in [0.15, 0.2) is 12.1 Å². The number of hydrogen-bond acceptors (Lipinski definition) is 2. The van der Waals surface area contributed by atoms with E-state index in [0.717, 1.165) is 0 Å². The monoisotopic (exact) mass is 498 g/mol. The Balaban J connectivity index is 2.45. The molecule has 2 aromatic rings. The predicted octanol–water partition coefficient (Wildman–Crippen LogP) is 8.46. The van der Waals surface area contributed by atoms with E-state index >= 15 is 0 Å². The van der Waals surface area contributed by atoms with Crippen LogP contribution in [0.1, 0.15) is 75.3 Å². The molecule has 0 spiro atoms. The van der Waals surface area contributed by atoms with Crippen LogP contribution in [0.3, 0.4) is 0 Å². The minimum atomic E-state index is -2.28. The summed E-state index contributed by atoms with van der Waals surface area (Å²) in [6, 6.07) is 5.01. The third-order valence-electron chi connectivity index (χ3n) is 5.71. The van der Waals surface area contributed by atoms with E-state index in [2.05, 4.69) is 65.0 Å². The molecular weight excluding hydrogens is 459 g/mol. The van der Waals surface area contributed by atoms with E-state index in [4.69, 9.17) is 0 Å². The summed E-state index contributed by atoms with van der Waals surface area (Å²) in [6.07, 6.45) is 8.43. The Kier molecular flexibility index (Phi) is 9.22. The summed E-state index contributed by atoms with van der Waals surface area (Å²) in [7, 11) is 0. The number of hydrogen-bond donors (Lipinski definition) is 0. The van der Waals surface area contributed by atoms with Crippen LogP contribution in [-0.4, -0.2) is 18.4 Å². The Morgan fingerprint density at radius 2 is 1.15 bits per heavy atom. The molecule has 0 bridgehead atoms. The molecule has 2 aromatic heterocycles. The SMILES string of the molecule is CCC[CH2][Sn]([CH2]CCC)([CH2]CCC)[c]1cc(C)c(-c2sc(C)cc2C)s1. The maximum atomic E-state index is 2.64. The van der Waals surface area contributed by atoms with Gasteiger partial charge in [0.05, 0.1) is 0 Å². The zero-order chi connectivity index (χ0) is 19.2. The van der Waals surface area contributed by atoms with Crippen molar-refractivity contribution in [1.82, 2.24) is 0 Å². The Hall–Kier alpha value is 0.199. The van der Waals surface area contributed by atoms with E-state index < -0.39 is 18.4 Å². The van der Waals surface area contributed by atoms with Gasteiger partial charge in [-0.1, -0.05) is 0 Å². The summed E-state index contributed by atoms with van der Waals surface area (Å²) in [5.74, 6) is 0. The van der Waals surface area contributed by atoms with Crippen LogP contribution >= 0.6 is 22.7 Å². The van der Waals surface area contributed by atoms with E-state index in [0.29, 0.717) is 0 Å². The molecule has 0 radical (unpaired) electrons. The summed E-state index contributed by atoms with van der Waals surface area (Å²) in [4.78, 5) is 4.57. The molecule has 0 aromatic carbocycles. The summed E-state index contributed by atoms with van der Waals surface area (Å²) < 4.78 is 6.61. The first-order valence-electron chi connectivity index (χ1n) is 10.7. The standard InChI is InChI=1S/C11H11S2.3C4H9.Sn/c1-7-4-5-12-10(7)11-8(2)6-9(3)13-11;3*1-3-4-2;/h4,6H,1-3H3;3*1,3-4H2,2H3;. The molecule has 0 saturated heterocycles. The molecule has 0 aliphatic rings. The van der Waals surface area contributed by atoms with E-state index in [1.807, 2.05) is 14.2 Å². The van der Waals surface area contributed by atoms with Crippen LogP contribution in [0.4, 0.5) is 0 Å². The third-order valence-corrected chi connectivity index (χ3v) is 26.5. The van der Waals surface area contributed by atoms with Crippen molar-refractivity contribution in [2.75, 3.05) is 0 Å². The van der Waals surface area contributed by atoms with Crippen LogP contribution in [0.25, 0.3) is 9.75 Å². The molecule has 0 nitrogen and oxygen atoms in total. The molecule has 3 heteroatoms. The van der Waals surface area contributed by atoms with Crippen molar-refractivity contribution >= 4 is 43.9 Å². The van der Waals surface area contributed by atoms with Gasteiger partial charge in [-0.3, -0.25) is 0 Å². The zero-order valence-electron chi connectivity index (χ0n) is 17.8. The molecule has 26 heavy (non-hydrogen) atoms. The van der Waals surface area contributed by atoms with Crippen molar-refractivity contribution in [2.24, 2.45) is 0 Å². The van der Waals surface area contributed by atoms with Gasteiger partial charge in [0.1, 0.15) is 0 Å². The molecule has 0 aliphatic heterocycles. The van der Waals surface area contributed by atoms with Crippen molar-refractivity contribution in [1.29, 1.82) is 0 Å². The molecule has 0 aliphatic carbocycles. The Morgan fingerprint density at radius 3 is 1.58 bits per heavy atom. The summed E-state index contributed by atoms with van der Waals surface area (Å²) >= 11 is 1.92. The average Bonchev–Trinajstić information content (AvgIpc) is 3.16. The molecule has 146 valence electrons. The first kappa shape index (κ1) is 22.5. The predicted molar refractivity (Wildman–Crippen MR) is 126 cm³/mol. The fraction of sp³-hybridized carbons (Fsp3) is 0.652. The van der Waals surface area contributed by atoms with Gasteiger partial charge in [-0.2, -0.15) is 0 Å². The second kappa shape index (κ2) is 10.7. The number of thiophene rings is 2. The Labute approximate surface area is 174 Å². The fourth-order valence-electron chi connectivity index (χ4n) is 4.13. The van der Waals surface area contributed by atoms with E-state index in [-0.39, 0.29) is 0 Å². The van der Waals surface area contributed by atoms with Gasteiger partial charge in [0.15, 0.2) is 0 Å². The third kappa shape index (κ3) is 5.38. The van der Waals surface area contributed by atoms with E-state index in [1.165, 1.54) is 53.8 Å². The zero-order valence-corrected chi connectivity index (χ0v) is 22.3. The van der Waals surface area contributed by atoms with Crippen molar-refractivity contribution in [2.45, 2.75) is 93.4 Å². The van der Waals surface area contributed by atoms with Crippen molar-refractivity contribution in [3.05, 3.63) is 28.1 Å². The summed E-state index contributed by atoms with van der Waals surface area (Å²) in [5, 5.41) is 0. The van der Waals surface area contributed by atoms with Crippen LogP contribution in [0, 0.1) is 20.8 Å². The normalized spacial score (nSPS) is 12.1. The van der Waals surface area contributed by atoms with Crippen molar-refractivity contribution in [3.8, 4) is 9.75 Å². The topological polar surface area (TPSA) is 0 Å². The van der Waals surface area contributed by atoms with Crippen LogP contribution in [0.5, 0.6) is 0 Å². The van der Waals surface area contributed by atoms with Crippen molar-refractivity contribution in [3.63, 3.8) is 0 Å². The molecule has 2 heterocycles. The summed E-state index contributed by atoms with van der Waals surface area (Å²) in [6.45, 7) is 14.0. The van der Waals surface area contributed by atoms with Gasteiger partial charge in [-0.05, 0) is 0 Å². The van der Waals surface area contributed by atoms with Crippen LogP contribution in [-0.2, 0) is 0 Å². The number of unbranched alkanes of at least 4 members (excludes halogenated alkanes) is 3. The first-order valence-corrected chi connectivity index (χ1v) is 19.8. The summed E-state index contributed by atoms with van der Waals surface area (Å²) in [5.41, 5.74) is 3.01. The van der Waals surface area contributed by atoms with Gasteiger partial charge in [-0.25, -0.2) is 0 Å². The molecule has 0 atom stereocenters. The Bertz CT molecular complexity index is 659. The van der Waals surface area contributed by atoms with E-state index in [1.54, 1.807) is 23.8 Å². The molecule has 0 unspecified atom stereocenters. The second-order valence-corrected chi connectivity index (χ2v) is 24.6. The maximum absolute atomic E-state index is 2.64. The molecular formula is C23H38S2Sn. The van der Waals surface area contributed by atoms with Gasteiger partial charge in [-0.15, -0.1) is 0 Å². The molecule has 0 fully saturated rings. The Morgan fingerprint density at radius 1 is 0.692 bits per heavy atom. The van der Waals surface area contributed by atoms with Gasteiger partial charge in [0.2, 0.25) is 0 Å². The number of rotatable bonds is 11. The number of aryl methyl sites for hydroxylation is 3. The molecule has 0 amide bonds. The quantitative estimate of drug-likeness (QED) is 0.273. The average molecular weight is 497 g/mol. The van der Waals surface area contributed by atoms with Crippen LogP contribution < -0.4 is 2.89 Å². The minimum absolute atomic E-state index is 1.36. The second-order valence-electron chi connectivity index (χ2n) is 8.08. The van der Waals surface area contributed by atoms with Gasteiger partial charge in [0, 0.05) is 0 Å². The fourth-order valence-corrected chi connectivity index (χ4v) is 25.9. The van der Waals surface area contributed by atoms with Crippen LogP contribution in [0.2, 0.25) is 13.3 Å². The molecule has 0 saturated carbocycles. The van der Waals surface area contributed by atoms with Crippen molar-refractivity contribution < 1.29 is 0 Å².